The van der Waals surface area contributed by atoms with Crippen LogP contribution in [0.15, 0.2) is 255 Å². The average molecular weight is 1400 g/mol. The second-order valence-electron chi connectivity index (χ2n) is 27.5. The van der Waals surface area contributed by atoms with Gasteiger partial charge in [0, 0.05) is 0 Å². The Hall–Kier alpha value is -10.7. The molecule has 550 valence electrons. The van der Waals surface area contributed by atoms with E-state index >= 15 is 0 Å². The van der Waals surface area contributed by atoms with Gasteiger partial charge in [-0.05, 0) is 135 Å². The first kappa shape index (κ1) is 85.7. The van der Waals surface area contributed by atoms with E-state index in [0.29, 0.717) is 0 Å². The second kappa shape index (κ2) is 43.3. The number of nitrogens with zero attached hydrogens (tertiary/aromatic N) is 12. The largest absolute Gasteiger partial charge is 0.354 e. The quantitative estimate of drug-likeness (QED) is 0.0847. The Kier molecular flexibility index (Phi) is 35.7. The molecule has 12 heteroatoms. The van der Waals surface area contributed by atoms with Gasteiger partial charge in [0.05, 0.1) is 141 Å². The monoisotopic (exact) mass is 1400 g/mol. The van der Waals surface area contributed by atoms with Crippen LogP contribution in [0.3, 0.4) is 0 Å². The molecule has 0 saturated heterocycles. The van der Waals surface area contributed by atoms with Crippen molar-refractivity contribution in [3.05, 3.63) is 288 Å². The molecule has 0 unspecified atom stereocenters. The molecule has 0 saturated carbocycles. The molecule has 0 fully saturated rings. The summed E-state index contributed by atoms with van der Waals surface area (Å²) in [6.07, 6.45) is 0. The van der Waals surface area contributed by atoms with E-state index < -0.39 is 0 Å². The zero-order valence-corrected chi connectivity index (χ0v) is 68.6. The van der Waals surface area contributed by atoms with E-state index in [-0.39, 0.29) is 0 Å². The summed E-state index contributed by atoms with van der Waals surface area (Å²) in [5.41, 5.74) is 22.6. The van der Waals surface area contributed by atoms with E-state index in [9.17, 15) is 0 Å². The van der Waals surface area contributed by atoms with Gasteiger partial charge >= 0.3 is 23.8 Å². The first-order valence-corrected chi connectivity index (χ1v) is 35.9. The van der Waals surface area contributed by atoms with Crippen molar-refractivity contribution in [2.75, 3.05) is 161 Å². The third-order valence-electron chi connectivity index (χ3n) is 16.8. The van der Waals surface area contributed by atoms with Gasteiger partial charge in [0.1, 0.15) is 22.7 Å². The van der Waals surface area contributed by atoms with Crippen molar-refractivity contribution >= 4 is 46.6 Å². The summed E-state index contributed by atoms with van der Waals surface area (Å²) in [6.45, 7) is 16.6. The maximum absolute atomic E-state index is 2.24. The van der Waals surface area contributed by atoms with Crippen molar-refractivity contribution in [3.8, 4) is 44.5 Å². The molecule has 0 aromatic heterocycles. The van der Waals surface area contributed by atoms with Gasteiger partial charge in [-0.3, -0.25) is 37.9 Å². The molecule has 10 aromatic rings. The minimum absolute atomic E-state index is 1.16. The summed E-state index contributed by atoms with van der Waals surface area (Å²) in [5.74, 6) is 4.63. The molecule has 0 N–H and O–H groups in total. The predicted molar refractivity (Wildman–Crippen MR) is 457 cm³/mol. The van der Waals surface area contributed by atoms with Gasteiger partial charge in [0.25, 0.3) is 0 Å². The van der Waals surface area contributed by atoms with Crippen molar-refractivity contribution < 1.29 is 18.3 Å². The maximum atomic E-state index is 2.24. The zero-order valence-electron chi connectivity index (χ0n) is 68.6. The van der Waals surface area contributed by atoms with E-state index in [2.05, 4.69) is 495 Å². The molecule has 10 rings (SSSR count). The molecule has 12 nitrogen and oxygen atoms in total. The summed E-state index contributed by atoms with van der Waals surface area (Å²) >= 11 is 0. The van der Waals surface area contributed by atoms with E-state index in [1.165, 1.54) is 101 Å². The lowest BCUT2D eigenvalue weighted by Gasteiger charge is -2.21. The van der Waals surface area contributed by atoms with Crippen molar-refractivity contribution in [1.82, 2.24) is 19.6 Å². The van der Waals surface area contributed by atoms with Gasteiger partial charge in [-0.15, -0.1) is 0 Å². The van der Waals surface area contributed by atoms with Crippen LogP contribution in [0.2, 0.25) is 0 Å². The molecule has 0 atom stereocenters. The first-order chi connectivity index (χ1) is 49.4. The minimum atomic E-state index is 1.16. The Morgan fingerprint density at radius 3 is 0.490 bits per heavy atom. The highest BCUT2D eigenvalue weighted by atomic mass is 15.4. The smallest absolute Gasteiger partial charge is 0.270 e. The van der Waals surface area contributed by atoms with Gasteiger partial charge in [-0.2, -0.15) is 0 Å². The van der Waals surface area contributed by atoms with Crippen molar-refractivity contribution in [3.63, 3.8) is 0 Å². The van der Waals surface area contributed by atoms with Crippen LogP contribution in [0.4, 0.5) is 22.7 Å². The highest BCUT2D eigenvalue weighted by molar-refractivity contribution is 5.94. The highest BCUT2D eigenvalue weighted by Crippen LogP contribution is 2.36. The van der Waals surface area contributed by atoms with Crippen molar-refractivity contribution in [2.24, 2.45) is 0 Å². The summed E-state index contributed by atoms with van der Waals surface area (Å²) in [4.78, 5) is 17.2. The standard InChI is InChI=1S/C30H22.4C13H22N3.C8H10.C2H6/c1-3-11-23(12-4-1)27-15-7-9-17-29(27)25-19-21-26(22-20-25)30-18-10-8-16-28(30)24-13-5-2-6-14-24;4*1-11-7-9-12(10-8-11)16(6)13(14(2)3)15(4)5;1-7-3-5-8(2)6-4-7;1-2/h1-22H;4*7-10H,1-6H3;3-6H,1-2H3;1-2H3/q;4*+1;;. The van der Waals surface area contributed by atoms with Crippen LogP contribution in [0, 0.1) is 41.5 Å². The number of rotatable bonds is 8. The van der Waals surface area contributed by atoms with Gasteiger partial charge < -0.3 is 0 Å². The predicted octanol–water partition coefficient (Wildman–Crippen LogP) is 18.2. The summed E-state index contributed by atoms with van der Waals surface area (Å²) < 4.78 is 8.44. The number of hydrogen-bond donors (Lipinski definition) is 0. The van der Waals surface area contributed by atoms with E-state index in [1.54, 1.807) is 0 Å². The lowest BCUT2D eigenvalue weighted by atomic mass is 9.91. The molecular weight excluding hydrogens is 1270 g/mol. The molecule has 0 bridgehead atoms. The SMILES string of the molecule is CC.Cc1ccc(C)cc1.Cc1ccc(N(C)C(N(C)C)=[N+](C)C)cc1.Cc1ccc(N(C)C(N(C)C)=[N+](C)C)cc1.Cc1ccc(N(C)C(N(C)C)=[N+](C)C)cc1.Cc1ccc(N(C)C(N(C)C)=[N+](C)C)cc1.c1ccc(-c2ccccc2-c2ccc(-c3ccccc3-c3ccccc3)cc2)cc1. The van der Waals surface area contributed by atoms with Gasteiger partial charge in [-0.1, -0.05) is 253 Å². The Morgan fingerprint density at radius 1 is 0.192 bits per heavy atom. The van der Waals surface area contributed by atoms with Crippen molar-refractivity contribution in [2.45, 2.75) is 55.4 Å². The Balaban J connectivity index is 0.000000274. The second-order valence-corrected chi connectivity index (χ2v) is 27.5. The molecular formula is C92H126N12+4. The molecule has 0 aliphatic heterocycles. The third kappa shape index (κ3) is 26.6. The number of aryl methyl sites for hydroxylation is 6. The average Bonchev–Trinajstić information content (AvgIpc) is 0.790. The topological polar surface area (TPSA) is 38.0 Å². The lowest BCUT2D eigenvalue weighted by molar-refractivity contribution is -0.470. The molecule has 104 heavy (non-hydrogen) atoms. The molecule has 0 spiro atoms. The molecule has 0 aliphatic carbocycles. The van der Waals surface area contributed by atoms with Gasteiger partial charge in [-0.25, -0.2) is 19.6 Å². The summed E-state index contributed by atoms with van der Waals surface area (Å²) in [6, 6.07) is 90.0. The number of hydrogen-bond acceptors (Lipinski definition) is 0. The lowest BCUT2D eigenvalue weighted by Crippen LogP contribution is -2.43. The highest BCUT2D eigenvalue weighted by Gasteiger charge is 2.23. The maximum Gasteiger partial charge on any atom is 0.354 e. The fraction of sp³-hybridized carbons (Fsp3) is 0.304. The van der Waals surface area contributed by atoms with E-state index in [4.69, 9.17) is 0 Å². The van der Waals surface area contributed by atoms with Crippen molar-refractivity contribution in [1.29, 1.82) is 0 Å². The zero-order chi connectivity index (χ0) is 77.3. The normalized spacial score (nSPS) is 9.92. The fourth-order valence-corrected chi connectivity index (χ4v) is 12.2. The minimum Gasteiger partial charge on any atom is -0.270 e. The van der Waals surface area contributed by atoms with Crippen LogP contribution < -0.4 is 19.6 Å². The van der Waals surface area contributed by atoms with Gasteiger partial charge in [0.15, 0.2) is 0 Å². The third-order valence-corrected chi connectivity index (χ3v) is 16.8. The molecule has 10 aromatic carbocycles. The van der Waals surface area contributed by atoms with Gasteiger partial charge in [0.2, 0.25) is 0 Å². The number of guanidine groups is 4. The Morgan fingerprint density at radius 2 is 0.337 bits per heavy atom. The van der Waals surface area contributed by atoms with Crippen LogP contribution in [0.5, 0.6) is 0 Å². The number of anilines is 4. The van der Waals surface area contributed by atoms with Crippen LogP contribution in [0.1, 0.15) is 47.2 Å². The van der Waals surface area contributed by atoms with Crippen LogP contribution >= 0.6 is 0 Å². The van der Waals surface area contributed by atoms with Crippen LogP contribution in [-0.2, 0) is 0 Å². The Bertz CT molecular complexity index is 3820. The summed E-state index contributed by atoms with van der Waals surface area (Å²) in [5, 5.41) is 0. The molecule has 0 heterocycles. The molecule has 0 aliphatic rings. The Labute approximate surface area is 629 Å². The first-order valence-electron chi connectivity index (χ1n) is 35.9. The molecule has 0 radical (unpaired) electrons. The van der Waals surface area contributed by atoms with E-state index in [1.807, 2.05) is 13.8 Å². The van der Waals surface area contributed by atoms with Crippen LogP contribution in [-0.4, -0.2) is 203 Å². The number of benzene rings is 10. The van der Waals surface area contributed by atoms with E-state index in [0.717, 1.165) is 23.8 Å². The van der Waals surface area contributed by atoms with Crippen LogP contribution in [0.25, 0.3) is 44.5 Å². The fourth-order valence-electron chi connectivity index (χ4n) is 12.2. The molecule has 0 amide bonds. The summed E-state index contributed by atoms with van der Waals surface area (Å²) in [7, 11) is 41.2.